The van der Waals surface area contributed by atoms with Crippen LogP contribution in [0.1, 0.15) is 47.0 Å². The average molecular weight is 360 g/mol. The first kappa shape index (κ1) is 23.4. The van der Waals surface area contributed by atoms with Gasteiger partial charge in [0, 0.05) is 7.11 Å². The summed E-state index contributed by atoms with van der Waals surface area (Å²) in [6.07, 6.45) is 1.02. The smallest absolute Gasteiger partial charge is 0.311 e. The molecule has 146 valence electrons. The van der Waals surface area contributed by atoms with Crippen molar-refractivity contribution in [1.82, 2.24) is 0 Å². The molecule has 0 saturated heterocycles. The summed E-state index contributed by atoms with van der Waals surface area (Å²) in [5, 5.41) is 0. The number of rotatable bonds is 12. The Balaban J connectivity index is 5.08. The monoisotopic (exact) mass is 360 g/mol. The molecule has 25 heavy (non-hydrogen) atoms. The molecule has 0 aliphatic rings. The van der Waals surface area contributed by atoms with Crippen molar-refractivity contribution in [2.45, 2.75) is 47.0 Å². The van der Waals surface area contributed by atoms with E-state index in [1.54, 1.807) is 20.8 Å². The van der Waals surface area contributed by atoms with Gasteiger partial charge in [0.25, 0.3) is 0 Å². The Kier molecular flexibility index (Phi) is 11.1. The third kappa shape index (κ3) is 7.86. The van der Waals surface area contributed by atoms with Gasteiger partial charge in [-0.1, -0.05) is 13.8 Å². The topological polar surface area (TPSA) is 88.1 Å². The molecule has 7 heteroatoms. The zero-order valence-corrected chi connectivity index (χ0v) is 16.3. The SMILES string of the molecule is CCOC(=O)C(CC(C)C(=O)OCCOC)CC(C)(CC)C(=O)OC. The van der Waals surface area contributed by atoms with Crippen LogP contribution in [-0.2, 0) is 33.3 Å². The Morgan fingerprint density at radius 3 is 2.12 bits per heavy atom. The Morgan fingerprint density at radius 1 is 1.00 bits per heavy atom. The third-order valence-corrected chi connectivity index (χ3v) is 4.35. The molecule has 0 spiro atoms. The summed E-state index contributed by atoms with van der Waals surface area (Å²) in [6, 6.07) is 0. The van der Waals surface area contributed by atoms with Crippen molar-refractivity contribution in [3.05, 3.63) is 0 Å². The molecule has 0 aliphatic heterocycles. The molecule has 0 aromatic rings. The molecule has 0 bridgehead atoms. The zero-order valence-electron chi connectivity index (χ0n) is 16.3. The van der Waals surface area contributed by atoms with Crippen molar-refractivity contribution in [1.29, 1.82) is 0 Å². The first-order valence-electron chi connectivity index (χ1n) is 8.66. The largest absolute Gasteiger partial charge is 0.469 e. The lowest BCUT2D eigenvalue weighted by Gasteiger charge is -2.29. The summed E-state index contributed by atoms with van der Waals surface area (Å²) < 4.78 is 19.9. The average Bonchev–Trinajstić information content (AvgIpc) is 2.60. The van der Waals surface area contributed by atoms with Crippen molar-refractivity contribution in [3.63, 3.8) is 0 Å². The predicted molar refractivity (Wildman–Crippen MR) is 91.8 cm³/mol. The number of esters is 3. The molecule has 0 aromatic heterocycles. The van der Waals surface area contributed by atoms with Crippen LogP contribution in [0.15, 0.2) is 0 Å². The number of hydrogen-bond donors (Lipinski definition) is 0. The van der Waals surface area contributed by atoms with Gasteiger partial charge in [0.15, 0.2) is 0 Å². The van der Waals surface area contributed by atoms with Gasteiger partial charge < -0.3 is 18.9 Å². The van der Waals surface area contributed by atoms with Crippen LogP contribution in [-0.4, -0.2) is 51.9 Å². The molecule has 0 rings (SSSR count). The van der Waals surface area contributed by atoms with E-state index < -0.39 is 29.2 Å². The van der Waals surface area contributed by atoms with Crippen molar-refractivity contribution in [2.24, 2.45) is 17.3 Å². The van der Waals surface area contributed by atoms with E-state index >= 15 is 0 Å². The lowest BCUT2D eigenvalue weighted by molar-refractivity contribution is -0.158. The van der Waals surface area contributed by atoms with Crippen LogP contribution in [0.2, 0.25) is 0 Å². The number of carbonyl (C=O) groups is 3. The Hall–Kier alpha value is -1.63. The van der Waals surface area contributed by atoms with E-state index in [1.165, 1.54) is 14.2 Å². The summed E-state index contributed by atoms with van der Waals surface area (Å²) >= 11 is 0. The van der Waals surface area contributed by atoms with E-state index in [4.69, 9.17) is 18.9 Å². The van der Waals surface area contributed by atoms with Crippen molar-refractivity contribution in [2.75, 3.05) is 34.0 Å². The molecule has 3 unspecified atom stereocenters. The van der Waals surface area contributed by atoms with Crippen LogP contribution in [0, 0.1) is 17.3 Å². The van der Waals surface area contributed by atoms with E-state index in [1.807, 2.05) is 6.92 Å². The number of hydrogen-bond acceptors (Lipinski definition) is 7. The summed E-state index contributed by atoms with van der Waals surface area (Å²) in [7, 11) is 2.85. The van der Waals surface area contributed by atoms with Crippen LogP contribution in [0.5, 0.6) is 0 Å². The highest BCUT2D eigenvalue weighted by Crippen LogP contribution is 2.34. The third-order valence-electron chi connectivity index (χ3n) is 4.35. The van der Waals surface area contributed by atoms with Crippen molar-refractivity contribution < 1.29 is 33.3 Å². The van der Waals surface area contributed by atoms with Crippen LogP contribution >= 0.6 is 0 Å². The van der Waals surface area contributed by atoms with Gasteiger partial charge in [0.2, 0.25) is 0 Å². The van der Waals surface area contributed by atoms with Gasteiger partial charge in [-0.15, -0.1) is 0 Å². The second-order valence-corrected chi connectivity index (χ2v) is 6.36. The van der Waals surface area contributed by atoms with Gasteiger partial charge >= 0.3 is 17.9 Å². The second-order valence-electron chi connectivity index (χ2n) is 6.36. The molecule has 0 aromatic carbocycles. The molecule has 7 nitrogen and oxygen atoms in total. The minimum atomic E-state index is -0.814. The minimum absolute atomic E-state index is 0.165. The normalized spacial score (nSPS) is 15.6. The standard InChI is InChI=1S/C18H32O7/c1-7-18(4,17(21)23-6)12-14(16(20)24-8-2)11-13(3)15(19)25-10-9-22-5/h13-14H,7-12H2,1-6H3. The first-order chi connectivity index (χ1) is 11.7. The van der Waals surface area contributed by atoms with Gasteiger partial charge in [0.05, 0.1) is 37.6 Å². The summed E-state index contributed by atoms with van der Waals surface area (Å²) in [5.41, 5.74) is -0.814. The first-order valence-corrected chi connectivity index (χ1v) is 8.66. The maximum atomic E-state index is 12.3. The van der Waals surface area contributed by atoms with Crippen LogP contribution < -0.4 is 0 Å². The predicted octanol–water partition coefficient (Wildman–Crippen LogP) is 2.36. The van der Waals surface area contributed by atoms with Crippen molar-refractivity contribution >= 4 is 17.9 Å². The lowest BCUT2D eigenvalue weighted by Crippen LogP contribution is -2.35. The number of carbonyl (C=O) groups excluding carboxylic acids is 3. The quantitative estimate of drug-likeness (QED) is 0.300. The maximum Gasteiger partial charge on any atom is 0.311 e. The molecule has 3 atom stereocenters. The second kappa shape index (κ2) is 11.8. The fourth-order valence-electron chi connectivity index (χ4n) is 2.58. The molecule has 0 fully saturated rings. The highest BCUT2D eigenvalue weighted by molar-refractivity contribution is 5.79. The van der Waals surface area contributed by atoms with Crippen LogP contribution in [0.3, 0.4) is 0 Å². The Morgan fingerprint density at radius 2 is 1.64 bits per heavy atom. The van der Waals surface area contributed by atoms with Crippen LogP contribution in [0.25, 0.3) is 0 Å². The van der Waals surface area contributed by atoms with Gasteiger partial charge in [-0.3, -0.25) is 14.4 Å². The van der Waals surface area contributed by atoms with Gasteiger partial charge in [-0.05, 0) is 33.1 Å². The molecule has 0 heterocycles. The summed E-state index contributed by atoms with van der Waals surface area (Å²) in [6.45, 7) is 7.76. The number of ether oxygens (including phenoxy) is 4. The zero-order chi connectivity index (χ0) is 19.5. The van der Waals surface area contributed by atoms with E-state index in [0.29, 0.717) is 13.0 Å². The van der Waals surface area contributed by atoms with Gasteiger partial charge in [0.1, 0.15) is 6.61 Å². The molecule has 0 saturated carbocycles. The van der Waals surface area contributed by atoms with E-state index in [9.17, 15) is 14.4 Å². The Bertz CT molecular complexity index is 435. The maximum absolute atomic E-state index is 12.3. The highest BCUT2D eigenvalue weighted by Gasteiger charge is 2.39. The van der Waals surface area contributed by atoms with Gasteiger partial charge in [-0.2, -0.15) is 0 Å². The van der Waals surface area contributed by atoms with E-state index in [0.717, 1.165) is 0 Å². The minimum Gasteiger partial charge on any atom is -0.469 e. The fraction of sp³-hybridized carbons (Fsp3) is 0.833. The van der Waals surface area contributed by atoms with Crippen molar-refractivity contribution in [3.8, 4) is 0 Å². The molecular formula is C18H32O7. The van der Waals surface area contributed by atoms with Gasteiger partial charge in [-0.25, -0.2) is 0 Å². The molecule has 0 amide bonds. The van der Waals surface area contributed by atoms with E-state index in [2.05, 4.69) is 0 Å². The number of methoxy groups -OCH3 is 2. The molecule has 0 aliphatic carbocycles. The summed E-state index contributed by atoms with van der Waals surface area (Å²) in [5.74, 6) is -2.27. The highest BCUT2D eigenvalue weighted by atomic mass is 16.6. The molecule has 0 N–H and O–H groups in total. The van der Waals surface area contributed by atoms with E-state index in [-0.39, 0.29) is 32.0 Å². The van der Waals surface area contributed by atoms with Crippen LogP contribution in [0.4, 0.5) is 0 Å². The molecule has 0 radical (unpaired) electrons. The lowest BCUT2D eigenvalue weighted by atomic mass is 9.76. The fourth-order valence-corrected chi connectivity index (χ4v) is 2.58. The summed E-state index contributed by atoms with van der Waals surface area (Å²) in [4.78, 5) is 36.5. The Labute approximate surface area is 150 Å². The molecular weight excluding hydrogens is 328 g/mol.